The van der Waals surface area contributed by atoms with Gasteiger partial charge >= 0.3 is 0 Å². The molecule has 4 aliphatic rings. The van der Waals surface area contributed by atoms with Crippen LogP contribution in [-0.4, -0.2) is 94.4 Å². The number of benzene rings is 2. The van der Waals surface area contributed by atoms with Crippen molar-refractivity contribution in [3.05, 3.63) is 96.3 Å². The Balaban J connectivity index is 1.05. The molecule has 10 nitrogen and oxygen atoms in total. The van der Waals surface area contributed by atoms with E-state index in [-0.39, 0.29) is 36.0 Å². The molecule has 0 radical (unpaired) electrons. The number of amidine groups is 2. The summed E-state index contributed by atoms with van der Waals surface area (Å²) >= 11 is 0. The molecular weight excluding hydrogens is 649 g/mol. The van der Waals surface area contributed by atoms with Crippen molar-refractivity contribution in [2.24, 2.45) is 21.5 Å². The molecule has 4 aliphatic heterocycles. The van der Waals surface area contributed by atoms with Crippen LogP contribution in [-0.2, 0) is 9.59 Å². The van der Waals surface area contributed by atoms with E-state index in [9.17, 15) is 9.59 Å². The molecule has 4 atom stereocenters. The van der Waals surface area contributed by atoms with Crippen LogP contribution in [0.5, 0.6) is 0 Å². The number of nitrogens with zero attached hydrogens (tertiary/aromatic N) is 6. The zero-order valence-electron chi connectivity index (χ0n) is 30.4. The van der Waals surface area contributed by atoms with Gasteiger partial charge < -0.3 is 21.3 Å². The quantitative estimate of drug-likeness (QED) is 0.200. The number of hydrogen-bond donors (Lipinski definition) is 2. The molecule has 4 saturated heterocycles. The molecule has 4 heterocycles. The Kier molecular flexibility index (Phi) is 13.3. The fraction of sp³-hybridized carbons (Fsp3) is 0.476. The van der Waals surface area contributed by atoms with Crippen LogP contribution >= 0.6 is 0 Å². The first-order valence-corrected chi connectivity index (χ1v) is 19.2. The van der Waals surface area contributed by atoms with Gasteiger partial charge in [0.2, 0.25) is 11.8 Å². The summed E-state index contributed by atoms with van der Waals surface area (Å²) < 4.78 is 0. The predicted molar refractivity (Wildman–Crippen MR) is 208 cm³/mol. The minimum atomic E-state index is -0.303. The van der Waals surface area contributed by atoms with E-state index < -0.39 is 0 Å². The highest BCUT2D eigenvalue weighted by Gasteiger charge is 2.40. The molecule has 4 fully saturated rings. The Hall–Kier alpha value is -4.72. The van der Waals surface area contributed by atoms with Gasteiger partial charge in [-0.15, -0.1) is 0 Å². The Bertz CT molecular complexity index is 1540. The average Bonchev–Trinajstić information content (AvgIpc) is 3.89. The number of hydrogen-bond acceptors (Lipinski definition) is 6. The number of rotatable bonds is 10. The van der Waals surface area contributed by atoms with E-state index in [1.165, 1.54) is 12.8 Å². The van der Waals surface area contributed by atoms with Crippen LogP contribution in [0.15, 0.2) is 95.2 Å². The van der Waals surface area contributed by atoms with Crippen LogP contribution in [0, 0.1) is 11.8 Å². The van der Waals surface area contributed by atoms with Crippen LogP contribution in [0.2, 0.25) is 0 Å². The normalized spacial score (nSPS) is 23.5. The van der Waals surface area contributed by atoms with E-state index in [1.54, 1.807) is 24.6 Å². The molecule has 2 aromatic rings. The monoisotopic (exact) mass is 702 g/mol. The lowest BCUT2D eigenvalue weighted by molar-refractivity contribution is -0.138. The van der Waals surface area contributed by atoms with E-state index in [0.29, 0.717) is 24.8 Å². The Morgan fingerprint density at radius 3 is 1.35 bits per heavy atom. The van der Waals surface area contributed by atoms with Gasteiger partial charge in [-0.25, -0.2) is 9.98 Å². The van der Waals surface area contributed by atoms with Crippen LogP contribution in [0.1, 0.15) is 87.4 Å². The topological polar surface area (TPSA) is 124 Å². The number of piperidine rings is 2. The van der Waals surface area contributed by atoms with E-state index in [0.717, 1.165) is 88.7 Å². The van der Waals surface area contributed by atoms with Crippen LogP contribution in [0.3, 0.4) is 0 Å². The summed E-state index contributed by atoms with van der Waals surface area (Å²) in [5, 5.41) is 0. The molecular formula is C42H54N8O2. The van der Waals surface area contributed by atoms with Gasteiger partial charge in [0.05, 0.1) is 12.1 Å². The fourth-order valence-corrected chi connectivity index (χ4v) is 8.22. The van der Waals surface area contributed by atoms with Gasteiger partial charge in [0, 0.05) is 37.6 Å². The number of likely N-dealkylation sites (tertiary alicyclic amines) is 4. The second-order valence-corrected chi connectivity index (χ2v) is 14.2. The van der Waals surface area contributed by atoms with Crippen molar-refractivity contribution < 1.29 is 9.59 Å². The fourth-order valence-electron chi connectivity index (χ4n) is 8.22. The third-order valence-electron chi connectivity index (χ3n) is 10.8. The average molecular weight is 703 g/mol. The van der Waals surface area contributed by atoms with Gasteiger partial charge in [-0.1, -0.05) is 85.3 Å². The molecule has 10 heteroatoms. The first kappa shape index (κ1) is 37.1. The second-order valence-electron chi connectivity index (χ2n) is 14.2. The van der Waals surface area contributed by atoms with Crippen molar-refractivity contribution in [3.63, 3.8) is 0 Å². The number of carbonyl (C=O) groups excluding carboxylic acids is 2. The zero-order valence-corrected chi connectivity index (χ0v) is 30.4. The summed E-state index contributed by atoms with van der Waals surface area (Å²) in [6.45, 7) is 5.05. The van der Waals surface area contributed by atoms with Crippen LogP contribution < -0.4 is 11.5 Å². The van der Waals surface area contributed by atoms with Gasteiger partial charge in [0.25, 0.3) is 0 Å². The Morgan fingerprint density at radius 2 is 0.962 bits per heavy atom. The molecule has 0 aliphatic carbocycles. The molecule has 0 saturated carbocycles. The largest absolute Gasteiger partial charge is 0.385 e. The molecule has 2 amide bonds. The van der Waals surface area contributed by atoms with Crippen LogP contribution in [0.25, 0.3) is 0 Å². The molecule has 274 valence electrons. The van der Waals surface area contributed by atoms with Crippen molar-refractivity contribution in [2.75, 3.05) is 39.3 Å². The van der Waals surface area contributed by atoms with Gasteiger partial charge in [0.1, 0.15) is 23.8 Å². The highest BCUT2D eigenvalue weighted by Crippen LogP contribution is 2.32. The van der Waals surface area contributed by atoms with E-state index >= 15 is 0 Å². The maximum absolute atomic E-state index is 14.1. The Labute approximate surface area is 309 Å². The van der Waals surface area contributed by atoms with Gasteiger partial charge in [-0.3, -0.25) is 19.4 Å². The number of amides is 2. The van der Waals surface area contributed by atoms with E-state index in [2.05, 4.69) is 55.9 Å². The number of allylic oxidation sites excluding steroid dienone is 2. The van der Waals surface area contributed by atoms with Crippen molar-refractivity contribution in [1.29, 1.82) is 0 Å². The first-order valence-electron chi connectivity index (χ1n) is 19.2. The maximum atomic E-state index is 14.1. The van der Waals surface area contributed by atoms with Crippen molar-refractivity contribution in [2.45, 2.75) is 88.4 Å². The second kappa shape index (κ2) is 18.7. The van der Waals surface area contributed by atoms with Crippen molar-refractivity contribution >= 4 is 23.5 Å². The van der Waals surface area contributed by atoms with Gasteiger partial charge in [0.15, 0.2) is 0 Å². The number of aliphatic imine (C=N–C) groups is 2. The van der Waals surface area contributed by atoms with E-state index in [4.69, 9.17) is 11.5 Å². The van der Waals surface area contributed by atoms with Crippen molar-refractivity contribution in [1.82, 2.24) is 19.6 Å². The molecule has 0 bridgehead atoms. The molecule has 4 N–H and O–H groups in total. The lowest BCUT2D eigenvalue weighted by atomic mass is 10.00. The summed E-state index contributed by atoms with van der Waals surface area (Å²) in [5.74, 6) is 6.93. The molecule has 6 rings (SSSR count). The minimum absolute atomic E-state index is 0.102. The molecule has 2 aromatic carbocycles. The first-order chi connectivity index (χ1) is 25.5. The van der Waals surface area contributed by atoms with Gasteiger partial charge in [-0.2, -0.15) is 0 Å². The van der Waals surface area contributed by atoms with E-state index in [1.807, 2.05) is 46.2 Å². The molecule has 0 aromatic heterocycles. The highest BCUT2D eigenvalue weighted by molar-refractivity contribution is 5.94. The maximum Gasteiger partial charge on any atom is 0.245 e. The third-order valence-corrected chi connectivity index (χ3v) is 10.8. The summed E-state index contributed by atoms with van der Waals surface area (Å²) in [5.41, 5.74) is 15.0. The standard InChI is InChI=1S/C42H54N8O2/c43-39(35-23-17-31-49(35)41(51)37(33-19-7-3-8-20-33)47-27-13-5-14-28-47)45-25-11-1-2-12-26-46-40(44)36-24-18-32-50(36)42(52)38(34-21-9-4-10-22-34)48-29-15-6-16-30-48/h3-4,7-12,19-22,25-26,35-38H,5-6,13-18,23-24,27-32H2,(H2,43,45)(H2,44,46)/b25-11+,26-12+/t35-,36-,37+,38+/m0/s1. The van der Waals surface area contributed by atoms with Crippen molar-refractivity contribution in [3.8, 4) is 11.8 Å². The lowest BCUT2D eigenvalue weighted by Crippen LogP contribution is -2.49. The minimum Gasteiger partial charge on any atom is -0.385 e. The lowest BCUT2D eigenvalue weighted by Gasteiger charge is -2.37. The molecule has 52 heavy (non-hydrogen) atoms. The highest BCUT2D eigenvalue weighted by atomic mass is 16.2. The third kappa shape index (κ3) is 9.19. The zero-order chi connectivity index (χ0) is 36.1. The predicted octanol–water partition coefficient (Wildman–Crippen LogP) is 5.17. The number of nitrogens with two attached hydrogens (primary N) is 2. The summed E-state index contributed by atoms with van der Waals surface area (Å²) in [6, 6.07) is 19.1. The number of carbonyl (C=O) groups is 2. The smallest absolute Gasteiger partial charge is 0.245 e. The van der Waals surface area contributed by atoms with Crippen LogP contribution in [0.4, 0.5) is 0 Å². The summed E-state index contributed by atoms with van der Waals surface area (Å²) in [6.07, 6.45) is 16.7. The molecule has 0 spiro atoms. The summed E-state index contributed by atoms with van der Waals surface area (Å²) in [7, 11) is 0. The SMILES string of the molecule is NC(=N/C=C/C#C/C=C/N=C(N)[C@@H]1CCCN1C(=O)[C@@H](c1ccccc1)N1CCCCC1)[C@@H]1CCCN1C(=O)[C@@H](c1ccccc1)N1CCCCC1. The molecule has 0 unspecified atom stereocenters. The van der Waals surface area contributed by atoms with Gasteiger partial charge in [-0.05, 0) is 88.7 Å². The Morgan fingerprint density at radius 1 is 0.577 bits per heavy atom. The summed E-state index contributed by atoms with van der Waals surface area (Å²) in [4.78, 5) is 45.5.